The smallest absolute Gasteiger partial charge is 0.123 e. The van der Waals surface area contributed by atoms with Gasteiger partial charge in [0, 0.05) is 31.7 Å². The number of rotatable bonds is 4. The Bertz CT molecular complexity index is 470. The standard InChI is InChI=1S/C18H29FN2/c1-12(2)17-11-21(18(9-20-17)13(3)4)10-15-6-7-16(19)8-14(15)5/h6-8,12-13,17-18,20H,9-11H2,1-5H3. The molecule has 1 saturated heterocycles. The first kappa shape index (κ1) is 16.4. The Hall–Kier alpha value is -0.930. The molecule has 2 rings (SSSR count). The molecular formula is C18H29FN2. The average molecular weight is 292 g/mol. The van der Waals surface area contributed by atoms with Gasteiger partial charge in [0.05, 0.1) is 0 Å². The molecule has 0 spiro atoms. The summed E-state index contributed by atoms with van der Waals surface area (Å²) in [6.07, 6.45) is 0. The van der Waals surface area contributed by atoms with Crippen molar-refractivity contribution in [3.63, 3.8) is 0 Å². The molecule has 2 nitrogen and oxygen atoms in total. The number of hydrogen-bond donors (Lipinski definition) is 1. The van der Waals surface area contributed by atoms with Crippen LogP contribution in [0.3, 0.4) is 0 Å². The van der Waals surface area contributed by atoms with E-state index in [1.165, 1.54) is 5.56 Å². The van der Waals surface area contributed by atoms with Gasteiger partial charge < -0.3 is 5.32 Å². The molecule has 1 heterocycles. The second-order valence-corrected chi connectivity index (χ2v) is 7.07. The van der Waals surface area contributed by atoms with Crippen molar-refractivity contribution in [1.82, 2.24) is 10.2 Å². The van der Waals surface area contributed by atoms with Crippen LogP contribution in [0.1, 0.15) is 38.8 Å². The summed E-state index contributed by atoms with van der Waals surface area (Å²) < 4.78 is 13.3. The van der Waals surface area contributed by atoms with Gasteiger partial charge in [-0.3, -0.25) is 4.90 Å². The van der Waals surface area contributed by atoms with Crippen molar-refractivity contribution in [2.45, 2.75) is 53.2 Å². The van der Waals surface area contributed by atoms with Crippen LogP contribution in [-0.2, 0) is 6.54 Å². The van der Waals surface area contributed by atoms with E-state index in [1.54, 1.807) is 12.1 Å². The summed E-state index contributed by atoms with van der Waals surface area (Å²) in [5.74, 6) is 1.11. The molecule has 0 bridgehead atoms. The molecule has 0 amide bonds. The SMILES string of the molecule is Cc1cc(F)ccc1CN1CC(C(C)C)NCC1C(C)C. The second kappa shape index (κ2) is 6.89. The number of benzene rings is 1. The van der Waals surface area contributed by atoms with Crippen molar-refractivity contribution in [3.05, 3.63) is 35.1 Å². The molecule has 0 aromatic heterocycles. The first-order valence-corrected chi connectivity index (χ1v) is 8.11. The molecule has 118 valence electrons. The summed E-state index contributed by atoms with van der Waals surface area (Å²) >= 11 is 0. The van der Waals surface area contributed by atoms with E-state index in [1.807, 2.05) is 13.0 Å². The van der Waals surface area contributed by atoms with Gasteiger partial charge in [-0.25, -0.2) is 4.39 Å². The number of hydrogen-bond acceptors (Lipinski definition) is 2. The highest BCUT2D eigenvalue weighted by atomic mass is 19.1. The van der Waals surface area contributed by atoms with E-state index in [-0.39, 0.29) is 5.82 Å². The van der Waals surface area contributed by atoms with Crippen molar-refractivity contribution in [1.29, 1.82) is 0 Å². The lowest BCUT2D eigenvalue weighted by Gasteiger charge is -2.44. The first-order valence-electron chi connectivity index (χ1n) is 8.11. The second-order valence-electron chi connectivity index (χ2n) is 7.07. The van der Waals surface area contributed by atoms with Crippen LogP contribution >= 0.6 is 0 Å². The number of aryl methyl sites for hydroxylation is 1. The van der Waals surface area contributed by atoms with E-state index in [0.717, 1.165) is 25.2 Å². The molecule has 3 heteroatoms. The van der Waals surface area contributed by atoms with E-state index in [4.69, 9.17) is 0 Å². The van der Waals surface area contributed by atoms with Gasteiger partial charge in [0.1, 0.15) is 5.82 Å². The molecule has 2 unspecified atom stereocenters. The van der Waals surface area contributed by atoms with Gasteiger partial charge in [0.25, 0.3) is 0 Å². The third kappa shape index (κ3) is 4.04. The number of nitrogens with zero attached hydrogens (tertiary/aromatic N) is 1. The molecule has 1 aromatic carbocycles. The highest BCUT2D eigenvalue weighted by molar-refractivity contribution is 5.26. The molecule has 2 atom stereocenters. The lowest BCUT2D eigenvalue weighted by Crippen LogP contribution is -2.59. The zero-order chi connectivity index (χ0) is 15.6. The van der Waals surface area contributed by atoms with Crippen molar-refractivity contribution >= 4 is 0 Å². The fraction of sp³-hybridized carbons (Fsp3) is 0.667. The number of piperazine rings is 1. The molecule has 0 aliphatic carbocycles. The summed E-state index contributed by atoms with van der Waals surface area (Å²) in [4.78, 5) is 2.58. The fourth-order valence-corrected chi connectivity index (χ4v) is 3.19. The van der Waals surface area contributed by atoms with Crippen molar-refractivity contribution in [2.24, 2.45) is 11.8 Å². The van der Waals surface area contributed by atoms with Crippen LogP contribution in [0.5, 0.6) is 0 Å². The molecule has 1 aliphatic rings. The van der Waals surface area contributed by atoms with Crippen LogP contribution in [0.25, 0.3) is 0 Å². The van der Waals surface area contributed by atoms with E-state index in [2.05, 4.69) is 37.9 Å². The minimum absolute atomic E-state index is 0.142. The molecule has 21 heavy (non-hydrogen) atoms. The maximum Gasteiger partial charge on any atom is 0.123 e. The molecule has 1 N–H and O–H groups in total. The predicted molar refractivity (Wildman–Crippen MR) is 86.8 cm³/mol. The fourth-order valence-electron chi connectivity index (χ4n) is 3.19. The Morgan fingerprint density at radius 2 is 1.95 bits per heavy atom. The van der Waals surface area contributed by atoms with Crippen LogP contribution in [0.2, 0.25) is 0 Å². The largest absolute Gasteiger partial charge is 0.311 e. The molecule has 1 aromatic rings. The van der Waals surface area contributed by atoms with Gasteiger partial charge in [-0.05, 0) is 42.0 Å². The zero-order valence-corrected chi connectivity index (χ0v) is 14.0. The molecule has 0 saturated carbocycles. The normalized spacial score (nSPS) is 24.0. The third-order valence-corrected chi connectivity index (χ3v) is 4.74. The van der Waals surface area contributed by atoms with Crippen LogP contribution in [-0.4, -0.2) is 30.1 Å². The maximum atomic E-state index is 13.3. The summed E-state index contributed by atoms with van der Waals surface area (Å²) in [5.41, 5.74) is 2.29. The summed E-state index contributed by atoms with van der Waals surface area (Å²) in [6, 6.07) is 6.25. The molecular weight excluding hydrogens is 263 g/mol. The monoisotopic (exact) mass is 292 g/mol. The van der Waals surface area contributed by atoms with E-state index < -0.39 is 0 Å². The van der Waals surface area contributed by atoms with Crippen molar-refractivity contribution < 1.29 is 4.39 Å². The summed E-state index contributed by atoms with van der Waals surface area (Å²) in [5, 5.41) is 3.69. The van der Waals surface area contributed by atoms with E-state index in [0.29, 0.717) is 23.9 Å². The Kier molecular flexibility index (Phi) is 5.39. The van der Waals surface area contributed by atoms with Gasteiger partial charge in [0.15, 0.2) is 0 Å². The Morgan fingerprint density at radius 1 is 1.24 bits per heavy atom. The quantitative estimate of drug-likeness (QED) is 0.912. The van der Waals surface area contributed by atoms with E-state index in [9.17, 15) is 4.39 Å². The predicted octanol–water partition coefficient (Wildman–Crippen LogP) is 3.59. The molecule has 0 radical (unpaired) electrons. The topological polar surface area (TPSA) is 15.3 Å². The Balaban J connectivity index is 2.15. The van der Waals surface area contributed by atoms with Crippen LogP contribution in [0, 0.1) is 24.6 Å². The van der Waals surface area contributed by atoms with Gasteiger partial charge in [-0.1, -0.05) is 33.8 Å². The number of halogens is 1. The summed E-state index contributed by atoms with van der Waals surface area (Å²) in [7, 11) is 0. The first-order chi connectivity index (χ1) is 9.88. The van der Waals surface area contributed by atoms with Crippen LogP contribution in [0.4, 0.5) is 4.39 Å². The van der Waals surface area contributed by atoms with Crippen molar-refractivity contribution in [2.75, 3.05) is 13.1 Å². The molecule has 1 aliphatic heterocycles. The van der Waals surface area contributed by atoms with E-state index >= 15 is 0 Å². The van der Waals surface area contributed by atoms with Gasteiger partial charge in [0.2, 0.25) is 0 Å². The summed E-state index contributed by atoms with van der Waals surface area (Å²) in [6.45, 7) is 14.1. The average Bonchev–Trinajstić information content (AvgIpc) is 2.41. The molecule has 1 fully saturated rings. The highest BCUT2D eigenvalue weighted by Gasteiger charge is 2.31. The third-order valence-electron chi connectivity index (χ3n) is 4.74. The van der Waals surface area contributed by atoms with Crippen molar-refractivity contribution in [3.8, 4) is 0 Å². The van der Waals surface area contributed by atoms with Gasteiger partial charge >= 0.3 is 0 Å². The van der Waals surface area contributed by atoms with Crippen LogP contribution in [0.15, 0.2) is 18.2 Å². The Morgan fingerprint density at radius 3 is 2.52 bits per heavy atom. The lowest BCUT2D eigenvalue weighted by molar-refractivity contribution is 0.0782. The minimum Gasteiger partial charge on any atom is -0.311 e. The maximum absolute atomic E-state index is 13.3. The van der Waals surface area contributed by atoms with Crippen LogP contribution < -0.4 is 5.32 Å². The number of nitrogens with one attached hydrogen (secondary N) is 1. The minimum atomic E-state index is -0.142. The van der Waals surface area contributed by atoms with Gasteiger partial charge in [-0.15, -0.1) is 0 Å². The Labute approximate surface area is 128 Å². The highest BCUT2D eigenvalue weighted by Crippen LogP contribution is 2.22. The lowest BCUT2D eigenvalue weighted by atomic mass is 9.93. The zero-order valence-electron chi connectivity index (χ0n) is 14.0. The van der Waals surface area contributed by atoms with Gasteiger partial charge in [-0.2, -0.15) is 0 Å².